The van der Waals surface area contributed by atoms with E-state index in [0.29, 0.717) is 5.54 Å². The van der Waals surface area contributed by atoms with Crippen molar-refractivity contribution in [3.63, 3.8) is 0 Å². The Morgan fingerprint density at radius 1 is 1.33 bits per heavy atom. The van der Waals surface area contributed by atoms with Gasteiger partial charge in [0.1, 0.15) is 5.54 Å². The molecule has 0 spiro atoms. The molecule has 1 atom stereocenters. The molecule has 21 heavy (non-hydrogen) atoms. The molecular formula is C16H33N3O2. The smallest absolute Gasteiger partial charge is 0.325 e. The highest BCUT2D eigenvalue weighted by Crippen LogP contribution is 2.36. The average molecular weight is 299 g/mol. The summed E-state index contributed by atoms with van der Waals surface area (Å²) in [4.78, 5) is 16.7. The Morgan fingerprint density at radius 3 is 2.33 bits per heavy atom. The summed E-state index contributed by atoms with van der Waals surface area (Å²) in [5.41, 5.74) is -0.267. The molecule has 124 valence electrons. The van der Waals surface area contributed by atoms with Gasteiger partial charge in [0, 0.05) is 18.6 Å². The fourth-order valence-corrected chi connectivity index (χ4v) is 3.21. The molecule has 5 heteroatoms. The average Bonchev–Trinajstić information content (AvgIpc) is 2.39. The molecule has 1 unspecified atom stereocenters. The van der Waals surface area contributed by atoms with E-state index < -0.39 is 5.54 Å². The molecule has 0 bridgehead atoms. The Kier molecular flexibility index (Phi) is 6.63. The summed E-state index contributed by atoms with van der Waals surface area (Å²) in [6.45, 7) is 6.65. The van der Waals surface area contributed by atoms with Crippen LogP contribution in [0.25, 0.3) is 0 Å². The van der Waals surface area contributed by atoms with Gasteiger partial charge in [-0.05, 0) is 60.3 Å². The van der Waals surface area contributed by atoms with E-state index in [1.165, 1.54) is 26.4 Å². The number of hydrogen-bond acceptors (Lipinski definition) is 5. The van der Waals surface area contributed by atoms with E-state index in [1.807, 2.05) is 13.8 Å². The SMILES string of the molecule is CCNC(C)(CCN(C)CC1(N(C)C)CCC1)C(=O)OC. The molecular weight excluding hydrogens is 266 g/mol. The lowest BCUT2D eigenvalue weighted by Gasteiger charge is -2.49. The van der Waals surface area contributed by atoms with Gasteiger partial charge in [-0.2, -0.15) is 0 Å². The lowest BCUT2D eigenvalue weighted by Crippen LogP contribution is -2.57. The van der Waals surface area contributed by atoms with Crippen LogP contribution < -0.4 is 5.32 Å². The van der Waals surface area contributed by atoms with E-state index in [4.69, 9.17) is 4.74 Å². The van der Waals surface area contributed by atoms with Gasteiger partial charge >= 0.3 is 5.97 Å². The van der Waals surface area contributed by atoms with Gasteiger partial charge in [0.2, 0.25) is 0 Å². The lowest BCUT2D eigenvalue weighted by atomic mass is 9.75. The molecule has 0 aromatic rings. The summed E-state index contributed by atoms with van der Waals surface area (Å²) in [6.07, 6.45) is 4.62. The molecule has 5 nitrogen and oxygen atoms in total. The van der Waals surface area contributed by atoms with Gasteiger partial charge in [-0.25, -0.2) is 0 Å². The van der Waals surface area contributed by atoms with Gasteiger partial charge in [-0.3, -0.25) is 4.79 Å². The van der Waals surface area contributed by atoms with E-state index in [1.54, 1.807) is 0 Å². The molecule has 0 aliphatic heterocycles. The fraction of sp³-hybridized carbons (Fsp3) is 0.938. The van der Waals surface area contributed by atoms with E-state index in [2.05, 4.69) is 36.3 Å². The third-order valence-electron chi connectivity index (χ3n) is 4.99. The zero-order valence-electron chi connectivity index (χ0n) is 14.7. The summed E-state index contributed by atoms with van der Waals surface area (Å²) in [5, 5.41) is 3.27. The molecule has 1 saturated carbocycles. The Bertz CT molecular complexity index is 342. The van der Waals surface area contributed by atoms with Crippen molar-refractivity contribution in [2.24, 2.45) is 0 Å². The molecule has 0 radical (unpaired) electrons. The van der Waals surface area contributed by atoms with Crippen molar-refractivity contribution < 1.29 is 9.53 Å². The topological polar surface area (TPSA) is 44.8 Å². The molecule has 1 rings (SSSR count). The molecule has 0 heterocycles. The second kappa shape index (κ2) is 7.56. The van der Waals surface area contributed by atoms with Crippen molar-refractivity contribution in [2.45, 2.75) is 50.6 Å². The van der Waals surface area contributed by atoms with Crippen molar-refractivity contribution in [1.29, 1.82) is 0 Å². The van der Waals surface area contributed by atoms with Crippen LogP contribution in [0.15, 0.2) is 0 Å². The van der Waals surface area contributed by atoms with Crippen LogP contribution in [0.2, 0.25) is 0 Å². The molecule has 0 saturated heterocycles. The Hall–Kier alpha value is -0.650. The Morgan fingerprint density at radius 2 is 1.95 bits per heavy atom. The van der Waals surface area contributed by atoms with Crippen LogP contribution in [0.3, 0.4) is 0 Å². The number of likely N-dealkylation sites (N-methyl/N-ethyl adjacent to an activating group) is 3. The number of rotatable bonds is 9. The Labute approximate surface area is 130 Å². The van der Waals surface area contributed by atoms with Crippen LogP contribution in [0.4, 0.5) is 0 Å². The van der Waals surface area contributed by atoms with Crippen molar-refractivity contribution in [1.82, 2.24) is 15.1 Å². The zero-order chi connectivity index (χ0) is 16.1. The molecule has 1 aliphatic carbocycles. The highest BCUT2D eigenvalue weighted by molar-refractivity contribution is 5.80. The maximum absolute atomic E-state index is 12.0. The van der Waals surface area contributed by atoms with Crippen molar-refractivity contribution in [2.75, 3.05) is 47.9 Å². The first-order valence-electron chi connectivity index (χ1n) is 7.99. The van der Waals surface area contributed by atoms with E-state index >= 15 is 0 Å². The first kappa shape index (κ1) is 18.4. The van der Waals surface area contributed by atoms with Crippen molar-refractivity contribution in [3.05, 3.63) is 0 Å². The predicted molar refractivity (Wildman–Crippen MR) is 86.5 cm³/mol. The number of methoxy groups -OCH3 is 1. The van der Waals surface area contributed by atoms with Gasteiger partial charge in [-0.15, -0.1) is 0 Å². The van der Waals surface area contributed by atoms with Gasteiger partial charge in [0.15, 0.2) is 0 Å². The fourth-order valence-electron chi connectivity index (χ4n) is 3.21. The summed E-state index contributed by atoms with van der Waals surface area (Å²) < 4.78 is 4.94. The number of esters is 1. The molecule has 1 N–H and O–H groups in total. The molecule has 1 fully saturated rings. The van der Waals surface area contributed by atoms with Crippen LogP contribution in [-0.2, 0) is 9.53 Å². The minimum absolute atomic E-state index is 0.177. The van der Waals surface area contributed by atoms with Gasteiger partial charge in [0.05, 0.1) is 7.11 Å². The standard InChI is InChI=1S/C16H33N3O2/c1-7-17-15(2,14(20)21-6)11-12-19(5)13-16(18(3)4)9-8-10-16/h17H,7-13H2,1-6H3. The molecule has 0 amide bonds. The zero-order valence-corrected chi connectivity index (χ0v) is 14.7. The summed E-state index contributed by atoms with van der Waals surface area (Å²) in [6, 6.07) is 0. The number of nitrogens with zero attached hydrogens (tertiary/aromatic N) is 2. The van der Waals surface area contributed by atoms with E-state index in [-0.39, 0.29) is 5.97 Å². The largest absolute Gasteiger partial charge is 0.468 e. The lowest BCUT2D eigenvalue weighted by molar-refractivity contribution is -0.148. The van der Waals surface area contributed by atoms with Crippen LogP contribution in [0.5, 0.6) is 0 Å². The quantitative estimate of drug-likeness (QED) is 0.651. The minimum atomic E-state index is -0.595. The van der Waals surface area contributed by atoms with E-state index in [0.717, 1.165) is 26.1 Å². The first-order chi connectivity index (χ1) is 9.79. The van der Waals surface area contributed by atoms with Gasteiger partial charge in [-0.1, -0.05) is 6.92 Å². The van der Waals surface area contributed by atoms with E-state index in [9.17, 15) is 4.79 Å². The van der Waals surface area contributed by atoms with Crippen molar-refractivity contribution >= 4 is 5.97 Å². The summed E-state index contributed by atoms with van der Waals surface area (Å²) in [7, 11) is 7.94. The third-order valence-corrected chi connectivity index (χ3v) is 4.99. The van der Waals surface area contributed by atoms with Crippen molar-refractivity contribution in [3.8, 4) is 0 Å². The monoisotopic (exact) mass is 299 g/mol. The highest BCUT2D eigenvalue weighted by atomic mass is 16.5. The van der Waals surface area contributed by atoms with Gasteiger partial charge in [0.25, 0.3) is 0 Å². The molecule has 0 aromatic heterocycles. The number of nitrogens with one attached hydrogen (secondary N) is 1. The minimum Gasteiger partial charge on any atom is -0.468 e. The second-order valence-corrected chi connectivity index (χ2v) is 6.81. The first-order valence-corrected chi connectivity index (χ1v) is 7.99. The molecule has 1 aliphatic rings. The maximum atomic E-state index is 12.0. The number of ether oxygens (including phenoxy) is 1. The van der Waals surface area contributed by atoms with Gasteiger partial charge < -0.3 is 19.9 Å². The third kappa shape index (κ3) is 4.41. The number of carbonyl (C=O) groups excluding carboxylic acids is 1. The second-order valence-electron chi connectivity index (χ2n) is 6.81. The number of carbonyl (C=O) groups is 1. The predicted octanol–water partition coefficient (Wildman–Crippen LogP) is 1.33. The summed E-state index contributed by atoms with van der Waals surface area (Å²) in [5.74, 6) is -0.177. The van der Waals surface area contributed by atoms with Crippen LogP contribution >= 0.6 is 0 Å². The molecule has 0 aromatic carbocycles. The van der Waals surface area contributed by atoms with Crippen LogP contribution in [0, 0.1) is 0 Å². The van der Waals surface area contributed by atoms with Crippen LogP contribution in [-0.4, -0.2) is 74.7 Å². The highest BCUT2D eigenvalue weighted by Gasteiger charge is 2.40. The normalized spacial score (nSPS) is 20.2. The number of hydrogen-bond donors (Lipinski definition) is 1. The van der Waals surface area contributed by atoms with Crippen LogP contribution in [0.1, 0.15) is 39.5 Å². The maximum Gasteiger partial charge on any atom is 0.325 e. The Balaban J connectivity index is 2.53. The summed E-state index contributed by atoms with van der Waals surface area (Å²) >= 11 is 0.